The van der Waals surface area contributed by atoms with Crippen LogP contribution in [0, 0.1) is 0 Å². The van der Waals surface area contributed by atoms with Gasteiger partial charge in [-0.2, -0.15) is 0 Å². The molecule has 0 fully saturated rings. The molecule has 1 aromatic rings. The molecule has 0 heterocycles. The molecule has 98 valence electrons. The Morgan fingerprint density at radius 1 is 0.850 bits per heavy atom. The lowest BCUT2D eigenvalue weighted by atomic mass is 10.1. The van der Waals surface area contributed by atoms with Gasteiger partial charge < -0.3 is 5.32 Å². The van der Waals surface area contributed by atoms with Gasteiger partial charge >= 0.3 is 0 Å². The predicted molar refractivity (Wildman–Crippen MR) is 82.5 cm³/mol. The molecule has 3 heteroatoms. The molecule has 0 aliphatic heterocycles. The van der Waals surface area contributed by atoms with Gasteiger partial charge in [0.15, 0.2) is 0 Å². The van der Waals surface area contributed by atoms with Gasteiger partial charge in [-0.3, -0.25) is 4.79 Å². The third-order valence-corrected chi connectivity index (χ3v) is 3.49. The van der Waals surface area contributed by atoms with E-state index >= 15 is 0 Å². The highest BCUT2D eigenvalue weighted by atomic mass is 35.5. The average molecular weight is 282 g/mol. The highest BCUT2D eigenvalue weighted by Crippen LogP contribution is 2.28. The minimum absolute atomic E-state index is 0.153. The zero-order valence-corrected chi connectivity index (χ0v) is 11.4. The van der Waals surface area contributed by atoms with Crippen molar-refractivity contribution in [2.45, 2.75) is 0 Å². The minimum atomic E-state index is -0.153. The Kier molecular flexibility index (Phi) is 3.40. The molecule has 1 amide bonds. The molecule has 0 saturated heterocycles. The quantitative estimate of drug-likeness (QED) is 0.725. The summed E-state index contributed by atoms with van der Waals surface area (Å²) in [6, 6.07) is 20.7. The summed E-state index contributed by atoms with van der Waals surface area (Å²) in [5.41, 5.74) is 3.24. The zero-order chi connectivity index (χ0) is 13.9. The number of carbonyl (C=O) groups is 1. The summed E-state index contributed by atoms with van der Waals surface area (Å²) in [7, 11) is 0. The van der Waals surface area contributed by atoms with E-state index in [4.69, 9.17) is 11.6 Å². The highest BCUT2D eigenvalue weighted by molar-refractivity contribution is 6.34. The van der Waals surface area contributed by atoms with Crippen LogP contribution in [0.5, 0.6) is 0 Å². The van der Waals surface area contributed by atoms with Crippen molar-refractivity contribution < 1.29 is 4.79 Å². The molecule has 0 spiro atoms. The second kappa shape index (κ2) is 5.35. The molecule has 20 heavy (non-hydrogen) atoms. The number of hydrogen-bond acceptors (Lipinski definition) is 1. The van der Waals surface area contributed by atoms with Crippen molar-refractivity contribution in [3.05, 3.63) is 77.3 Å². The van der Waals surface area contributed by atoms with Crippen LogP contribution in [-0.2, 0) is 0 Å². The maximum absolute atomic E-state index is 12.4. The van der Waals surface area contributed by atoms with E-state index in [0.29, 0.717) is 16.3 Å². The first-order valence-corrected chi connectivity index (χ1v) is 6.67. The van der Waals surface area contributed by atoms with E-state index < -0.39 is 0 Å². The zero-order valence-electron chi connectivity index (χ0n) is 10.6. The number of carbonyl (C=O) groups excluding carboxylic acids is 1. The number of nitrogens with one attached hydrogen (secondary N) is 1. The summed E-state index contributed by atoms with van der Waals surface area (Å²) in [4.78, 5) is 12.4. The van der Waals surface area contributed by atoms with Gasteiger partial charge in [0.1, 0.15) is 0 Å². The van der Waals surface area contributed by atoms with Gasteiger partial charge in [-0.25, -0.2) is 0 Å². The molecule has 2 aliphatic carbocycles. The van der Waals surface area contributed by atoms with Crippen molar-refractivity contribution in [2.24, 2.45) is 0 Å². The number of rotatable bonds is 2. The summed E-state index contributed by atoms with van der Waals surface area (Å²) in [5.74, 6) is -0.153. The Hall–Kier alpha value is -2.32. The van der Waals surface area contributed by atoms with Crippen LogP contribution in [-0.4, -0.2) is 5.91 Å². The van der Waals surface area contributed by atoms with Crippen LogP contribution in [0.15, 0.2) is 66.7 Å². The molecule has 0 saturated carbocycles. The third kappa shape index (κ3) is 2.38. The van der Waals surface area contributed by atoms with E-state index in [0.717, 1.165) is 11.1 Å². The van der Waals surface area contributed by atoms with Crippen molar-refractivity contribution in [1.82, 2.24) is 0 Å². The third-order valence-electron chi connectivity index (χ3n) is 3.16. The lowest BCUT2D eigenvalue weighted by Gasteiger charge is -2.07. The first kappa shape index (κ1) is 12.7. The normalized spacial score (nSPS) is 10.4. The lowest BCUT2D eigenvalue weighted by Crippen LogP contribution is -2.11. The Balaban J connectivity index is 1.93. The summed E-state index contributed by atoms with van der Waals surface area (Å²) in [5, 5.41) is 3.37. The predicted octanol–water partition coefficient (Wildman–Crippen LogP) is 4.70. The standard InChI is InChI=1S/C17H12ClNO/c18-15-8-4-5-9-16(15)19-17(20)14-11-10-12-6-2-1-3-7-13(12)14/h1-11H,(H,19,20). The number of benzene rings is 1. The molecule has 0 atom stereocenters. The van der Waals surface area contributed by atoms with Crippen molar-refractivity contribution in [2.75, 3.05) is 5.32 Å². The smallest absolute Gasteiger partial charge is 0.256 e. The number of halogens is 1. The molecule has 2 aliphatic rings. The SMILES string of the molecule is O=C(Nc1ccccc1Cl)c1ccc2cccccc1-2. The van der Waals surface area contributed by atoms with Crippen LogP contribution >= 0.6 is 11.6 Å². The molecular formula is C17H12ClNO. The molecule has 2 nitrogen and oxygen atoms in total. The maximum atomic E-state index is 12.4. The minimum Gasteiger partial charge on any atom is -0.321 e. The lowest BCUT2D eigenvalue weighted by molar-refractivity contribution is 0.102. The molecule has 1 aromatic carbocycles. The Morgan fingerprint density at radius 3 is 2.45 bits per heavy atom. The van der Waals surface area contributed by atoms with Gasteiger partial charge in [-0.05, 0) is 29.3 Å². The molecule has 0 bridgehead atoms. The average Bonchev–Trinajstić information content (AvgIpc) is 2.71. The van der Waals surface area contributed by atoms with Gasteiger partial charge in [-0.15, -0.1) is 0 Å². The first-order valence-electron chi connectivity index (χ1n) is 6.29. The number of para-hydroxylation sites is 1. The molecular weight excluding hydrogens is 270 g/mol. The number of anilines is 1. The van der Waals surface area contributed by atoms with Crippen molar-refractivity contribution in [3.63, 3.8) is 0 Å². The fourth-order valence-corrected chi connectivity index (χ4v) is 2.35. The number of amides is 1. The second-order valence-electron chi connectivity index (χ2n) is 4.46. The van der Waals surface area contributed by atoms with Gasteiger partial charge in [0, 0.05) is 5.56 Å². The van der Waals surface area contributed by atoms with Crippen LogP contribution in [0.3, 0.4) is 0 Å². The molecule has 0 radical (unpaired) electrons. The van der Waals surface area contributed by atoms with Gasteiger partial charge in [0.25, 0.3) is 5.91 Å². The monoisotopic (exact) mass is 281 g/mol. The van der Waals surface area contributed by atoms with E-state index in [2.05, 4.69) is 5.32 Å². The van der Waals surface area contributed by atoms with Crippen LogP contribution in [0.4, 0.5) is 5.69 Å². The van der Waals surface area contributed by atoms with Gasteiger partial charge in [0.2, 0.25) is 0 Å². The maximum Gasteiger partial charge on any atom is 0.256 e. The summed E-state index contributed by atoms with van der Waals surface area (Å²) in [6.07, 6.45) is 0. The molecule has 0 aromatic heterocycles. The van der Waals surface area contributed by atoms with Crippen molar-refractivity contribution in [1.29, 1.82) is 0 Å². The first-order chi connectivity index (χ1) is 9.75. The number of fused-ring (bicyclic) bond motifs is 1. The van der Waals surface area contributed by atoms with Crippen LogP contribution in [0.25, 0.3) is 11.1 Å². The number of hydrogen-bond donors (Lipinski definition) is 1. The fraction of sp³-hybridized carbons (Fsp3) is 0. The summed E-state index contributed by atoms with van der Waals surface area (Å²) >= 11 is 6.05. The van der Waals surface area contributed by atoms with E-state index in [1.54, 1.807) is 12.1 Å². The second-order valence-corrected chi connectivity index (χ2v) is 4.87. The fourth-order valence-electron chi connectivity index (χ4n) is 2.16. The molecule has 3 rings (SSSR count). The van der Waals surface area contributed by atoms with Crippen molar-refractivity contribution in [3.8, 4) is 11.1 Å². The highest BCUT2D eigenvalue weighted by Gasteiger charge is 2.15. The largest absolute Gasteiger partial charge is 0.321 e. The summed E-state index contributed by atoms with van der Waals surface area (Å²) in [6.45, 7) is 0. The topological polar surface area (TPSA) is 29.1 Å². The van der Waals surface area contributed by atoms with E-state index in [-0.39, 0.29) is 5.91 Å². The van der Waals surface area contributed by atoms with Crippen molar-refractivity contribution >= 4 is 23.2 Å². The van der Waals surface area contributed by atoms with E-state index in [9.17, 15) is 4.79 Å². The van der Waals surface area contributed by atoms with Crippen LogP contribution in [0.1, 0.15) is 10.4 Å². The Bertz CT molecular complexity index is 739. The summed E-state index contributed by atoms with van der Waals surface area (Å²) < 4.78 is 0. The molecule has 1 N–H and O–H groups in total. The van der Waals surface area contributed by atoms with Crippen LogP contribution in [0.2, 0.25) is 5.02 Å². The Morgan fingerprint density at radius 2 is 1.60 bits per heavy atom. The Labute approximate surface area is 122 Å². The van der Waals surface area contributed by atoms with E-state index in [1.165, 1.54) is 0 Å². The van der Waals surface area contributed by atoms with Crippen LogP contribution < -0.4 is 5.32 Å². The molecule has 0 unspecified atom stereocenters. The van der Waals surface area contributed by atoms with E-state index in [1.807, 2.05) is 54.6 Å². The van der Waals surface area contributed by atoms with Gasteiger partial charge in [0.05, 0.1) is 10.7 Å². The van der Waals surface area contributed by atoms with Gasteiger partial charge in [-0.1, -0.05) is 60.1 Å².